The molecule has 3 N–H and O–H groups in total. The minimum absolute atomic E-state index is 0.0347. The number of thiazole rings is 1. The Morgan fingerprint density at radius 1 is 1.16 bits per heavy atom. The summed E-state index contributed by atoms with van der Waals surface area (Å²) in [4.78, 5) is 17.5. The number of aryl methyl sites for hydroxylation is 1. The lowest BCUT2D eigenvalue weighted by molar-refractivity contribution is -0.106. The highest BCUT2D eigenvalue weighted by Crippen LogP contribution is 2.39. The van der Waals surface area contributed by atoms with Crippen molar-refractivity contribution in [1.29, 1.82) is 0 Å². The lowest BCUT2D eigenvalue weighted by atomic mass is 10.1. The van der Waals surface area contributed by atoms with E-state index in [4.69, 9.17) is 9.47 Å². The summed E-state index contributed by atoms with van der Waals surface area (Å²) in [5.74, 6) is -2.16. The SMILES string of the molecule is COc1nc(NS(=O)(=O)CC(F)(F)F)ccc1Oc1nc(C)sc1-c1ccnc(N[C@@H]2CNC[C@@H](F)C2)n1. The van der Waals surface area contributed by atoms with Gasteiger partial charge in [0.1, 0.15) is 16.9 Å². The number of alkyl halides is 4. The van der Waals surface area contributed by atoms with E-state index in [0.29, 0.717) is 41.0 Å². The van der Waals surface area contributed by atoms with Gasteiger partial charge in [0.05, 0.1) is 17.8 Å². The van der Waals surface area contributed by atoms with Gasteiger partial charge in [-0.1, -0.05) is 0 Å². The first-order valence-corrected chi connectivity index (χ1v) is 13.6. The highest BCUT2D eigenvalue weighted by atomic mass is 32.2. The molecule has 3 aromatic rings. The summed E-state index contributed by atoms with van der Waals surface area (Å²) in [5.41, 5.74) is 0.479. The van der Waals surface area contributed by atoms with Crippen LogP contribution in [0.15, 0.2) is 24.4 Å². The molecular formula is C21H23F4N7O4S2. The predicted molar refractivity (Wildman–Crippen MR) is 132 cm³/mol. The second-order valence-corrected chi connectivity index (χ2v) is 11.2. The standard InChI is InChI=1S/C21H23F4N7O4S2/c1-11-28-19(17(37-11)14-5-6-27-20(30-14)29-13-7-12(22)8-26-9-13)36-15-3-4-16(31-18(15)35-2)32-38(33,34)10-21(23,24)25/h3-6,12-13,26H,7-10H2,1-2H3,(H,31,32)(H,27,29,30)/t12-,13-/m0/s1. The molecule has 0 saturated carbocycles. The van der Waals surface area contributed by atoms with E-state index in [1.54, 1.807) is 17.7 Å². The minimum Gasteiger partial charge on any atom is -0.478 e. The number of hydrogen-bond donors (Lipinski definition) is 3. The monoisotopic (exact) mass is 577 g/mol. The first kappa shape index (κ1) is 27.7. The molecule has 0 radical (unpaired) electrons. The van der Waals surface area contributed by atoms with Crippen molar-refractivity contribution >= 4 is 33.1 Å². The molecule has 1 aliphatic rings. The van der Waals surface area contributed by atoms with E-state index in [9.17, 15) is 26.0 Å². The normalized spacial score (nSPS) is 18.2. The van der Waals surface area contributed by atoms with Crippen molar-refractivity contribution in [2.75, 3.05) is 36.0 Å². The molecule has 2 atom stereocenters. The molecule has 4 heterocycles. The second kappa shape index (κ2) is 11.2. The Morgan fingerprint density at radius 2 is 1.95 bits per heavy atom. The van der Waals surface area contributed by atoms with Crippen molar-refractivity contribution in [3.05, 3.63) is 29.4 Å². The van der Waals surface area contributed by atoms with Gasteiger partial charge in [0.15, 0.2) is 11.5 Å². The number of piperidine rings is 1. The van der Waals surface area contributed by atoms with E-state index < -0.39 is 28.1 Å². The van der Waals surface area contributed by atoms with Crippen molar-refractivity contribution < 1.29 is 35.5 Å². The fourth-order valence-electron chi connectivity index (χ4n) is 3.60. The largest absolute Gasteiger partial charge is 0.478 e. The quantitative estimate of drug-likeness (QED) is 0.324. The maximum Gasteiger partial charge on any atom is 0.404 e. The molecule has 0 bridgehead atoms. The Kier molecular flexibility index (Phi) is 8.17. The molecule has 1 aliphatic heterocycles. The van der Waals surface area contributed by atoms with Gasteiger partial charge in [-0.2, -0.15) is 18.2 Å². The first-order chi connectivity index (χ1) is 17.9. The van der Waals surface area contributed by atoms with Gasteiger partial charge >= 0.3 is 6.18 Å². The van der Waals surface area contributed by atoms with E-state index >= 15 is 0 Å². The third kappa shape index (κ3) is 7.38. The fourth-order valence-corrected chi connectivity index (χ4v) is 5.35. The Bertz CT molecular complexity index is 1390. The molecule has 0 amide bonds. The van der Waals surface area contributed by atoms with Crippen LogP contribution in [0.1, 0.15) is 11.4 Å². The van der Waals surface area contributed by atoms with Crippen molar-refractivity contribution in [2.45, 2.75) is 31.7 Å². The van der Waals surface area contributed by atoms with E-state index in [2.05, 4.69) is 30.6 Å². The maximum absolute atomic E-state index is 13.7. The summed E-state index contributed by atoms with van der Waals surface area (Å²) in [7, 11) is -3.50. The maximum atomic E-state index is 13.7. The van der Waals surface area contributed by atoms with Gasteiger partial charge in [0, 0.05) is 31.7 Å². The molecular weight excluding hydrogens is 554 g/mol. The van der Waals surface area contributed by atoms with Gasteiger partial charge in [0.25, 0.3) is 5.88 Å². The van der Waals surface area contributed by atoms with Crippen LogP contribution in [0, 0.1) is 6.92 Å². The molecule has 1 fully saturated rings. The third-order valence-corrected chi connectivity index (χ3v) is 7.26. The number of halogens is 4. The fraction of sp³-hybridized carbons (Fsp3) is 0.429. The van der Waals surface area contributed by atoms with Gasteiger partial charge in [-0.3, -0.25) is 4.72 Å². The molecule has 0 aromatic carbocycles. The minimum atomic E-state index is -4.92. The zero-order valence-electron chi connectivity index (χ0n) is 20.0. The van der Waals surface area contributed by atoms with Crippen molar-refractivity contribution in [1.82, 2.24) is 25.3 Å². The number of anilines is 2. The van der Waals surface area contributed by atoms with Crippen molar-refractivity contribution in [3.8, 4) is 28.1 Å². The summed E-state index contributed by atoms with van der Waals surface area (Å²) >= 11 is 1.29. The predicted octanol–water partition coefficient (Wildman–Crippen LogP) is 3.52. The van der Waals surface area contributed by atoms with Crippen LogP contribution in [0.2, 0.25) is 0 Å². The highest BCUT2D eigenvalue weighted by Gasteiger charge is 2.35. The smallest absolute Gasteiger partial charge is 0.404 e. The zero-order valence-corrected chi connectivity index (χ0v) is 21.7. The van der Waals surface area contributed by atoms with Crippen LogP contribution in [0.25, 0.3) is 10.6 Å². The molecule has 38 heavy (non-hydrogen) atoms. The molecule has 3 aromatic heterocycles. The number of aromatic nitrogens is 4. The van der Waals surface area contributed by atoms with Gasteiger partial charge in [-0.15, -0.1) is 11.3 Å². The van der Waals surface area contributed by atoms with Gasteiger partial charge < -0.3 is 20.1 Å². The first-order valence-electron chi connectivity index (χ1n) is 11.1. The molecule has 0 aliphatic carbocycles. The zero-order chi connectivity index (χ0) is 27.5. The number of sulfonamides is 1. The average Bonchev–Trinajstić information content (AvgIpc) is 3.18. The van der Waals surface area contributed by atoms with E-state index in [0.717, 1.165) is 6.07 Å². The Balaban J connectivity index is 1.55. The van der Waals surface area contributed by atoms with E-state index in [1.807, 2.05) is 0 Å². The van der Waals surface area contributed by atoms with Crippen LogP contribution in [-0.2, 0) is 10.0 Å². The Morgan fingerprint density at radius 3 is 2.66 bits per heavy atom. The molecule has 11 nitrogen and oxygen atoms in total. The summed E-state index contributed by atoms with van der Waals surface area (Å²) in [6.07, 6.45) is -4.03. The third-order valence-electron chi connectivity index (χ3n) is 5.06. The van der Waals surface area contributed by atoms with Gasteiger partial charge in [0.2, 0.25) is 21.9 Å². The Hall–Kier alpha value is -3.31. The lowest BCUT2D eigenvalue weighted by Crippen LogP contribution is -2.44. The van der Waals surface area contributed by atoms with Crippen LogP contribution in [-0.4, -0.2) is 72.7 Å². The summed E-state index contributed by atoms with van der Waals surface area (Å²) < 4.78 is 87.6. The Labute approximate surface area is 219 Å². The van der Waals surface area contributed by atoms with Crippen LogP contribution in [0.5, 0.6) is 17.5 Å². The van der Waals surface area contributed by atoms with Gasteiger partial charge in [-0.05, 0) is 25.1 Å². The van der Waals surface area contributed by atoms with E-state index in [1.165, 1.54) is 30.7 Å². The molecule has 206 valence electrons. The molecule has 4 rings (SSSR count). The number of nitrogens with zero attached hydrogens (tertiary/aromatic N) is 4. The average molecular weight is 578 g/mol. The number of methoxy groups -OCH3 is 1. The number of ether oxygens (including phenoxy) is 2. The summed E-state index contributed by atoms with van der Waals surface area (Å²) in [6.45, 7) is 2.63. The molecule has 0 spiro atoms. The van der Waals surface area contributed by atoms with Crippen LogP contribution in [0.4, 0.5) is 29.3 Å². The summed E-state index contributed by atoms with van der Waals surface area (Å²) in [5, 5.41) is 6.76. The van der Waals surface area contributed by atoms with E-state index in [-0.39, 0.29) is 29.4 Å². The van der Waals surface area contributed by atoms with Crippen LogP contribution in [0.3, 0.4) is 0 Å². The van der Waals surface area contributed by atoms with Gasteiger partial charge in [-0.25, -0.2) is 27.8 Å². The molecule has 0 unspecified atom stereocenters. The molecule has 17 heteroatoms. The lowest BCUT2D eigenvalue weighted by Gasteiger charge is -2.26. The second-order valence-electron chi connectivity index (χ2n) is 8.25. The number of pyridine rings is 1. The highest BCUT2D eigenvalue weighted by molar-refractivity contribution is 7.92. The molecule has 1 saturated heterocycles. The topological polar surface area (TPSA) is 140 Å². The number of rotatable bonds is 9. The van der Waals surface area contributed by atoms with Crippen LogP contribution >= 0.6 is 11.3 Å². The van der Waals surface area contributed by atoms with Crippen molar-refractivity contribution in [2.24, 2.45) is 0 Å². The summed E-state index contributed by atoms with van der Waals surface area (Å²) in [6, 6.07) is 3.88. The van der Waals surface area contributed by atoms with Crippen LogP contribution < -0.4 is 24.8 Å². The van der Waals surface area contributed by atoms with Crippen molar-refractivity contribution in [3.63, 3.8) is 0 Å². The number of hydrogen-bond acceptors (Lipinski definition) is 11. The number of nitrogens with one attached hydrogen (secondary N) is 3.